The van der Waals surface area contributed by atoms with Crippen LogP contribution in [0.15, 0.2) is 24.3 Å². The fraction of sp³-hybridized carbons (Fsp3) is 0.667. The Balaban J connectivity index is 1.15. The fourth-order valence-corrected chi connectivity index (χ4v) is 5.39. The quantitative estimate of drug-likeness (QED) is 0.825. The second-order valence-corrected chi connectivity index (χ2v) is 10.4. The van der Waals surface area contributed by atoms with E-state index in [0.717, 1.165) is 25.9 Å². The molecule has 0 bridgehead atoms. The highest BCUT2D eigenvalue weighted by Gasteiger charge is 2.62. The molecule has 2 unspecified atom stereocenters. The highest BCUT2D eigenvalue weighted by atomic mass is 16.6. The van der Waals surface area contributed by atoms with E-state index in [1.54, 1.807) is 0 Å². The third-order valence-corrected chi connectivity index (χ3v) is 7.77. The number of hydrogen-bond acceptors (Lipinski definition) is 3. The van der Waals surface area contributed by atoms with Crippen LogP contribution >= 0.6 is 0 Å². The molecule has 1 aromatic carbocycles. The highest BCUT2D eigenvalue weighted by Crippen LogP contribution is 2.59. The van der Waals surface area contributed by atoms with E-state index in [-0.39, 0.29) is 35.5 Å². The first kappa shape index (κ1) is 19.0. The number of fused-ring (bicyclic) bond motifs is 1. The molecule has 156 valence electrons. The maximum absolute atomic E-state index is 13.0. The lowest BCUT2D eigenvalue weighted by atomic mass is 9.79. The minimum Gasteiger partial charge on any atom is -0.447 e. The maximum Gasteiger partial charge on any atom is 0.407 e. The second-order valence-electron chi connectivity index (χ2n) is 10.4. The molecule has 5 heteroatoms. The third kappa shape index (κ3) is 3.32. The second kappa shape index (κ2) is 6.48. The number of alkyl carbamates (subject to hydrolysis) is 1. The molecule has 1 aromatic rings. The van der Waals surface area contributed by atoms with Gasteiger partial charge in [-0.25, -0.2) is 4.79 Å². The molecule has 0 spiro atoms. The van der Waals surface area contributed by atoms with Crippen LogP contribution in [0.25, 0.3) is 0 Å². The van der Waals surface area contributed by atoms with Gasteiger partial charge in [0.2, 0.25) is 5.91 Å². The Labute approximate surface area is 173 Å². The first-order valence-corrected chi connectivity index (χ1v) is 11.2. The van der Waals surface area contributed by atoms with Gasteiger partial charge < -0.3 is 15.0 Å². The zero-order chi connectivity index (χ0) is 20.4. The van der Waals surface area contributed by atoms with Crippen molar-refractivity contribution in [3.8, 4) is 0 Å². The first-order valence-electron chi connectivity index (χ1n) is 11.2. The van der Waals surface area contributed by atoms with Crippen molar-refractivity contribution < 1.29 is 14.3 Å². The van der Waals surface area contributed by atoms with Gasteiger partial charge in [-0.15, -0.1) is 0 Å². The van der Waals surface area contributed by atoms with Crippen LogP contribution in [0.5, 0.6) is 0 Å². The van der Waals surface area contributed by atoms with E-state index in [1.807, 2.05) is 13.8 Å². The van der Waals surface area contributed by atoms with Gasteiger partial charge in [0.25, 0.3) is 0 Å². The summed E-state index contributed by atoms with van der Waals surface area (Å²) in [7, 11) is 0. The predicted molar refractivity (Wildman–Crippen MR) is 111 cm³/mol. The number of hydrogen-bond donors (Lipinski definition) is 1. The number of nitrogens with zero attached hydrogens (tertiary/aromatic N) is 1. The molecule has 0 radical (unpaired) electrons. The fourth-order valence-electron chi connectivity index (χ4n) is 5.39. The lowest BCUT2D eigenvalue weighted by Crippen LogP contribution is -2.50. The third-order valence-electron chi connectivity index (χ3n) is 7.77. The number of nitrogens with one attached hydrogen (secondary N) is 1. The van der Waals surface area contributed by atoms with E-state index in [4.69, 9.17) is 4.74 Å². The highest BCUT2D eigenvalue weighted by molar-refractivity contribution is 5.81. The zero-order valence-corrected chi connectivity index (χ0v) is 17.7. The van der Waals surface area contributed by atoms with E-state index in [9.17, 15) is 9.59 Å². The number of ether oxygens (including phenoxy) is 1. The van der Waals surface area contributed by atoms with E-state index in [0.29, 0.717) is 11.3 Å². The Kier molecular flexibility index (Phi) is 4.24. The molecule has 1 heterocycles. The van der Waals surface area contributed by atoms with Gasteiger partial charge in [-0.2, -0.15) is 0 Å². The molecule has 3 saturated carbocycles. The van der Waals surface area contributed by atoms with Crippen molar-refractivity contribution in [3.63, 3.8) is 0 Å². The summed E-state index contributed by atoms with van der Waals surface area (Å²) in [6.45, 7) is 7.76. The van der Waals surface area contributed by atoms with Gasteiger partial charge in [-0.1, -0.05) is 31.2 Å². The zero-order valence-electron chi connectivity index (χ0n) is 17.7. The van der Waals surface area contributed by atoms with Crippen LogP contribution in [-0.2, 0) is 20.4 Å². The van der Waals surface area contributed by atoms with E-state index in [2.05, 4.69) is 41.4 Å². The number of benzene rings is 1. The summed E-state index contributed by atoms with van der Waals surface area (Å²) in [6.07, 6.45) is 4.77. The van der Waals surface area contributed by atoms with Crippen molar-refractivity contribution in [2.75, 3.05) is 13.1 Å². The van der Waals surface area contributed by atoms with Crippen LogP contribution in [0.1, 0.15) is 64.0 Å². The SMILES string of the molecule is CC(C)OC(=O)N[C@H]1C[C@@H](C(=O)N2CC3CC3(c3ccc(C4(C)CC4)cc3)C2)C1. The van der Waals surface area contributed by atoms with Gasteiger partial charge in [-0.3, -0.25) is 4.79 Å². The summed E-state index contributed by atoms with van der Waals surface area (Å²) in [5.74, 6) is 0.934. The van der Waals surface area contributed by atoms with Gasteiger partial charge >= 0.3 is 6.09 Å². The van der Waals surface area contributed by atoms with Crippen molar-refractivity contribution in [1.29, 1.82) is 0 Å². The Hall–Kier alpha value is -2.04. The van der Waals surface area contributed by atoms with Crippen LogP contribution in [0, 0.1) is 11.8 Å². The Morgan fingerprint density at radius 3 is 2.41 bits per heavy atom. The van der Waals surface area contributed by atoms with E-state index >= 15 is 0 Å². The van der Waals surface area contributed by atoms with Crippen LogP contribution < -0.4 is 5.32 Å². The standard InChI is InChI=1S/C24H32N2O3/c1-15(2)29-22(28)25-20-10-16(11-20)21(27)26-13-19-12-24(19,14-26)18-6-4-17(5-7-18)23(3)8-9-23/h4-7,15-16,19-20H,8-14H2,1-3H3,(H,25,28)/t16-,19?,20+,24?. The van der Waals surface area contributed by atoms with Crippen molar-refractivity contribution in [2.45, 2.75) is 75.9 Å². The summed E-state index contributed by atoms with van der Waals surface area (Å²) in [6, 6.07) is 9.33. The normalized spacial score (nSPS) is 33.7. The van der Waals surface area contributed by atoms with Crippen LogP contribution in [0.4, 0.5) is 4.79 Å². The van der Waals surface area contributed by atoms with Gasteiger partial charge in [0.15, 0.2) is 0 Å². The molecule has 4 aliphatic rings. The first-order chi connectivity index (χ1) is 13.8. The van der Waals surface area contributed by atoms with Crippen molar-refractivity contribution >= 4 is 12.0 Å². The number of carbonyl (C=O) groups excluding carboxylic acids is 2. The van der Waals surface area contributed by atoms with Crippen molar-refractivity contribution in [3.05, 3.63) is 35.4 Å². The number of likely N-dealkylation sites (tertiary alicyclic amines) is 1. The molecule has 1 aliphatic heterocycles. The molecule has 2 atom stereocenters. The monoisotopic (exact) mass is 396 g/mol. The number of amides is 2. The summed E-state index contributed by atoms with van der Waals surface area (Å²) >= 11 is 0. The van der Waals surface area contributed by atoms with Crippen molar-refractivity contribution in [2.24, 2.45) is 11.8 Å². The number of rotatable bonds is 5. The topological polar surface area (TPSA) is 58.6 Å². The number of carbonyl (C=O) groups is 2. The summed E-state index contributed by atoms with van der Waals surface area (Å²) in [5.41, 5.74) is 3.48. The maximum atomic E-state index is 13.0. The minimum atomic E-state index is -0.374. The van der Waals surface area contributed by atoms with Gasteiger partial charge in [0.05, 0.1) is 6.10 Å². The number of piperidine rings is 1. The van der Waals surface area contributed by atoms with Crippen molar-refractivity contribution in [1.82, 2.24) is 10.2 Å². The molecule has 29 heavy (non-hydrogen) atoms. The van der Waals surface area contributed by atoms with Crippen LogP contribution in [-0.4, -0.2) is 42.1 Å². The molecule has 0 aromatic heterocycles. The molecule has 2 amide bonds. The average Bonchev–Trinajstić information content (AvgIpc) is 3.53. The minimum absolute atomic E-state index is 0.0473. The molecule has 1 N–H and O–H groups in total. The molecule has 4 fully saturated rings. The summed E-state index contributed by atoms with van der Waals surface area (Å²) in [4.78, 5) is 26.7. The molecule has 5 rings (SSSR count). The van der Waals surface area contributed by atoms with Gasteiger partial charge in [0.1, 0.15) is 0 Å². The summed E-state index contributed by atoms with van der Waals surface area (Å²) in [5, 5.41) is 2.86. The van der Waals surface area contributed by atoms with Gasteiger partial charge in [-0.05, 0) is 68.4 Å². The predicted octanol–water partition coefficient (Wildman–Crippen LogP) is 3.75. The van der Waals surface area contributed by atoms with E-state index < -0.39 is 0 Å². The Morgan fingerprint density at radius 1 is 1.14 bits per heavy atom. The lowest BCUT2D eigenvalue weighted by molar-refractivity contribution is -0.138. The summed E-state index contributed by atoms with van der Waals surface area (Å²) < 4.78 is 5.12. The average molecular weight is 397 g/mol. The lowest BCUT2D eigenvalue weighted by Gasteiger charge is -2.37. The van der Waals surface area contributed by atoms with Crippen LogP contribution in [0.2, 0.25) is 0 Å². The molecule has 3 aliphatic carbocycles. The molecular formula is C24H32N2O3. The molecule has 5 nitrogen and oxygen atoms in total. The smallest absolute Gasteiger partial charge is 0.407 e. The largest absolute Gasteiger partial charge is 0.447 e. The Morgan fingerprint density at radius 2 is 1.79 bits per heavy atom. The molecular weight excluding hydrogens is 364 g/mol. The van der Waals surface area contributed by atoms with Gasteiger partial charge in [0, 0.05) is 30.5 Å². The van der Waals surface area contributed by atoms with Crippen LogP contribution in [0.3, 0.4) is 0 Å². The molecule has 1 saturated heterocycles. The Bertz CT molecular complexity index is 823. The van der Waals surface area contributed by atoms with E-state index in [1.165, 1.54) is 30.4 Å².